The minimum Gasteiger partial charge on any atom is -0.466 e. The van der Waals surface area contributed by atoms with Crippen LogP contribution in [0.15, 0.2) is 24.3 Å². The Balaban J connectivity index is 2.14. The first-order valence-electron chi connectivity index (χ1n) is 22.9. The number of nitrogens with zero attached hydrogens (tertiary/aromatic N) is 1. The number of aliphatic hydroxyl groups excluding tert-OH is 1. The van der Waals surface area contributed by atoms with Gasteiger partial charge in [0.1, 0.15) is 36.6 Å². The van der Waals surface area contributed by atoms with Gasteiger partial charge in [-0.25, -0.2) is 0 Å². The third-order valence-corrected chi connectivity index (χ3v) is 11.9. The molecule has 0 radical (unpaired) electrons. The average Bonchev–Trinajstić information content (AvgIpc) is 3.21. The first-order valence-corrected chi connectivity index (χ1v) is 22.9. The highest BCUT2D eigenvalue weighted by atomic mass is 16.7. The second-order valence-electron chi connectivity index (χ2n) is 17.8. The molecule has 0 bridgehead atoms. The van der Waals surface area contributed by atoms with Crippen molar-refractivity contribution in [3.63, 3.8) is 0 Å². The fourth-order valence-corrected chi connectivity index (χ4v) is 8.85. The van der Waals surface area contributed by atoms with E-state index in [-0.39, 0.29) is 38.7 Å². The number of rotatable bonds is 15. The molecule has 0 saturated carbocycles. The maximum atomic E-state index is 13.6. The van der Waals surface area contributed by atoms with Crippen molar-refractivity contribution in [1.29, 1.82) is 0 Å². The minimum absolute atomic E-state index is 0.0278. The van der Waals surface area contributed by atoms with Crippen LogP contribution < -0.4 is 0 Å². The lowest BCUT2D eigenvalue weighted by Gasteiger charge is -2.51. The van der Waals surface area contributed by atoms with Crippen LogP contribution in [0, 0.1) is 11.8 Å². The van der Waals surface area contributed by atoms with Crippen LogP contribution in [0.25, 0.3) is 0 Å². The van der Waals surface area contributed by atoms with Gasteiger partial charge in [-0.05, 0) is 72.5 Å². The predicted octanol–water partition coefficient (Wildman–Crippen LogP) is 4.27. The SMILES string of the molecule is CCC(=O)O[C@@H]1CC(=O)O[C@H](C)C/C=C/C=C/[C@H](OC(C)=O)[C@H](C)C[C@H](CCOC(C)=O)[C@H](O[C@@H]2O[C@@H](C)[C@@H](O[C@@H]3C[C@@](C)(OC(C)=O)[C@@H](OC(=O)CC)[C@H](C)O3)[C@H](N(C)C)[C@@H]2O)[C@H]1OC. The zero-order valence-corrected chi connectivity index (χ0v) is 41.0. The molecule has 3 aliphatic rings. The molecule has 0 spiro atoms. The van der Waals surface area contributed by atoms with Gasteiger partial charge in [0.2, 0.25) is 0 Å². The van der Waals surface area contributed by atoms with Gasteiger partial charge in [0.25, 0.3) is 0 Å². The van der Waals surface area contributed by atoms with E-state index in [2.05, 4.69) is 0 Å². The lowest BCUT2D eigenvalue weighted by atomic mass is 9.82. The Morgan fingerprint density at radius 3 is 2.11 bits per heavy atom. The van der Waals surface area contributed by atoms with Crippen molar-refractivity contribution in [3.8, 4) is 0 Å². The van der Waals surface area contributed by atoms with E-state index in [0.717, 1.165) is 0 Å². The van der Waals surface area contributed by atoms with E-state index >= 15 is 0 Å². The van der Waals surface area contributed by atoms with Gasteiger partial charge in [-0.15, -0.1) is 0 Å². The van der Waals surface area contributed by atoms with Gasteiger partial charge in [0, 0.05) is 53.6 Å². The van der Waals surface area contributed by atoms with Crippen LogP contribution in [0.5, 0.6) is 0 Å². The van der Waals surface area contributed by atoms with Crippen molar-refractivity contribution in [2.24, 2.45) is 11.8 Å². The van der Waals surface area contributed by atoms with Crippen molar-refractivity contribution in [2.45, 2.75) is 199 Å². The number of aliphatic hydroxyl groups is 1. The monoisotopic (exact) mass is 941 g/mol. The van der Waals surface area contributed by atoms with E-state index < -0.39 is 139 Å². The molecule has 3 aliphatic heterocycles. The predicted molar refractivity (Wildman–Crippen MR) is 235 cm³/mol. The second-order valence-corrected chi connectivity index (χ2v) is 17.8. The topological polar surface area (TPSA) is 227 Å². The van der Waals surface area contributed by atoms with Gasteiger partial charge in [0.05, 0.1) is 37.4 Å². The van der Waals surface area contributed by atoms with E-state index in [1.807, 2.05) is 13.0 Å². The Morgan fingerprint density at radius 2 is 1.52 bits per heavy atom. The van der Waals surface area contributed by atoms with Crippen molar-refractivity contribution in [2.75, 3.05) is 27.8 Å². The molecule has 19 nitrogen and oxygen atoms in total. The second kappa shape index (κ2) is 26.5. The zero-order valence-electron chi connectivity index (χ0n) is 41.0. The number of hydrogen-bond acceptors (Lipinski definition) is 19. The van der Waals surface area contributed by atoms with Gasteiger partial charge >= 0.3 is 35.8 Å². The highest BCUT2D eigenvalue weighted by Crippen LogP contribution is 2.39. The third-order valence-electron chi connectivity index (χ3n) is 11.9. The van der Waals surface area contributed by atoms with Crippen LogP contribution in [0.2, 0.25) is 0 Å². The molecule has 16 atom stereocenters. The largest absolute Gasteiger partial charge is 0.466 e. The van der Waals surface area contributed by atoms with Crippen LogP contribution in [-0.2, 0) is 80.9 Å². The van der Waals surface area contributed by atoms with Crippen LogP contribution in [0.4, 0.5) is 0 Å². The molecule has 0 aliphatic carbocycles. The normalized spacial score (nSPS) is 36.8. The van der Waals surface area contributed by atoms with E-state index in [1.165, 1.54) is 27.9 Å². The van der Waals surface area contributed by atoms with Gasteiger partial charge in [-0.2, -0.15) is 0 Å². The van der Waals surface area contributed by atoms with Crippen molar-refractivity contribution >= 4 is 35.8 Å². The van der Waals surface area contributed by atoms with Crippen molar-refractivity contribution in [1.82, 2.24) is 4.90 Å². The third kappa shape index (κ3) is 16.7. The van der Waals surface area contributed by atoms with Crippen LogP contribution in [-0.4, -0.2) is 159 Å². The lowest BCUT2D eigenvalue weighted by Crippen LogP contribution is -2.66. The fraction of sp³-hybridized carbons (Fsp3) is 0.787. The zero-order chi connectivity index (χ0) is 49.5. The summed E-state index contributed by atoms with van der Waals surface area (Å²) in [5.41, 5.74) is -1.34. The molecule has 0 aromatic carbocycles. The fourth-order valence-electron chi connectivity index (χ4n) is 8.85. The molecule has 3 heterocycles. The highest BCUT2D eigenvalue weighted by Gasteiger charge is 2.54. The van der Waals surface area contributed by atoms with Gasteiger partial charge < -0.3 is 62.1 Å². The number of ether oxygens (including phenoxy) is 11. The van der Waals surface area contributed by atoms with Crippen molar-refractivity contribution < 1.29 is 86.0 Å². The smallest absolute Gasteiger partial charge is 0.309 e. The first kappa shape index (κ1) is 56.3. The van der Waals surface area contributed by atoms with Gasteiger partial charge in [0.15, 0.2) is 24.3 Å². The average molecular weight is 942 g/mol. The molecule has 3 rings (SSSR count). The summed E-state index contributed by atoms with van der Waals surface area (Å²) in [7, 11) is 4.86. The summed E-state index contributed by atoms with van der Waals surface area (Å²) in [6.45, 7) is 15.7. The maximum absolute atomic E-state index is 13.6. The van der Waals surface area contributed by atoms with E-state index in [4.69, 9.17) is 52.1 Å². The van der Waals surface area contributed by atoms with Crippen LogP contribution in [0.1, 0.15) is 114 Å². The van der Waals surface area contributed by atoms with E-state index in [0.29, 0.717) is 6.42 Å². The molecule has 2 fully saturated rings. The number of esters is 6. The van der Waals surface area contributed by atoms with Crippen molar-refractivity contribution in [3.05, 3.63) is 24.3 Å². The Bertz CT molecular complexity index is 1670. The van der Waals surface area contributed by atoms with Gasteiger partial charge in [-0.1, -0.05) is 39.0 Å². The molecule has 19 heteroatoms. The summed E-state index contributed by atoms with van der Waals surface area (Å²) in [5, 5.41) is 12.4. The summed E-state index contributed by atoms with van der Waals surface area (Å²) in [6.07, 6.45) is -4.82. The molecule has 1 N–H and O–H groups in total. The maximum Gasteiger partial charge on any atom is 0.309 e. The molecular weight excluding hydrogens is 867 g/mol. The Labute approximate surface area is 389 Å². The number of allylic oxidation sites excluding steroid dienone is 2. The van der Waals surface area contributed by atoms with E-state index in [9.17, 15) is 33.9 Å². The number of hydrogen-bond donors (Lipinski definition) is 1. The molecular formula is C47H75NO18. The molecule has 2 saturated heterocycles. The number of cyclic esters (lactones) is 1. The molecule has 376 valence electrons. The lowest BCUT2D eigenvalue weighted by molar-refractivity contribution is -0.345. The van der Waals surface area contributed by atoms with E-state index in [1.54, 1.807) is 78.8 Å². The molecule has 0 aromatic rings. The summed E-state index contributed by atoms with van der Waals surface area (Å²) in [4.78, 5) is 77.6. The first-order chi connectivity index (χ1) is 31.0. The molecule has 0 aromatic heterocycles. The number of methoxy groups -OCH3 is 1. The van der Waals surface area contributed by atoms with Crippen LogP contribution >= 0.6 is 0 Å². The van der Waals surface area contributed by atoms with Gasteiger partial charge in [-0.3, -0.25) is 28.8 Å². The number of carbonyl (C=O) groups is 6. The molecule has 66 heavy (non-hydrogen) atoms. The number of likely N-dealkylation sites (N-methyl/N-ethyl adjacent to an activating group) is 1. The summed E-state index contributed by atoms with van der Waals surface area (Å²) < 4.78 is 66.7. The molecule has 0 unspecified atom stereocenters. The Kier molecular flexibility index (Phi) is 22.7. The standard InChI is InChI=1S/C47H75NO18/c1-14-36(52)62-35-24-38(54)58-27(4)19-17-16-18-20-34(61-31(8)50)26(3)23-33(21-22-57-30(7)49)43(44(35)56-13)65-46-41(55)40(48(11)12)42(28(5)60-46)64-39-25-47(10,66-32(9)51)45(29(6)59-39)63-37(53)15-2/h16-18,20,26-29,33-35,39-46,55H,14-15,19,21-25H2,1-13H3/b17-16+,20-18+/t26-,27-,28+,29+,33+,34+,35-,39-,40-,41+,42-,43+,44+,45+,46+,47-/m1/s1. The Hall–Kier alpha value is -3.98. The highest BCUT2D eigenvalue weighted by molar-refractivity contribution is 5.73. The Morgan fingerprint density at radius 1 is 0.848 bits per heavy atom. The summed E-state index contributed by atoms with van der Waals surface area (Å²) in [6, 6.07) is -0.837. The summed E-state index contributed by atoms with van der Waals surface area (Å²) in [5.74, 6) is -4.49. The summed E-state index contributed by atoms with van der Waals surface area (Å²) >= 11 is 0. The minimum atomic E-state index is -1.45. The quantitative estimate of drug-likeness (QED) is 0.179. The molecule has 0 amide bonds. The number of carbonyl (C=O) groups excluding carboxylic acids is 6. The van der Waals surface area contributed by atoms with Crippen LogP contribution in [0.3, 0.4) is 0 Å².